The van der Waals surface area contributed by atoms with Gasteiger partial charge in [-0.15, -0.1) is 26.3 Å². The van der Waals surface area contributed by atoms with Crippen LogP contribution >= 0.6 is 11.3 Å². The number of amides is 1. The van der Waals surface area contributed by atoms with E-state index in [4.69, 9.17) is 0 Å². The third-order valence-corrected chi connectivity index (χ3v) is 4.43. The monoisotopic (exact) mass is 347 g/mol. The molecule has 0 saturated carbocycles. The van der Waals surface area contributed by atoms with Gasteiger partial charge in [-0.1, -0.05) is 36.4 Å². The molecule has 0 aliphatic rings. The fourth-order valence-corrected chi connectivity index (χ4v) is 2.99. The first-order valence-corrected chi connectivity index (χ1v) is 8.49. The average molecular weight is 347 g/mol. The van der Waals surface area contributed by atoms with Crippen molar-refractivity contribution in [2.75, 3.05) is 5.32 Å². The minimum Gasteiger partial charge on any atom is -0.321 e. The summed E-state index contributed by atoms with van der Waals surface area (Å²) < 4.78 is 0. The van der Waals surface area contributed by atoms with Crippen molar-refractivity contribution in [1.29, 1.82) is 0 Å². The highest BCUT2D eigenvalue weighted by molar-refractivity contribution is 7.12. The Morgan fingerprint density at radius 2 is 1.76 bits per heavy atom. The molecule has 0 aliphatic carbocycles. The number of benzene rings is 2. The molecule has 0 fully saturated rings. The Morgan fingerprint density at radius 1 is 0.960 bits per heavy atom. The third kappa shape index (κ3) is 3.17. The maximum Gasteiger partial charge on any atom is 0.265 e. The highest BCUT2D eigenvalue weighted by atomic mass is 32.1. The van der Waals surface area contributed by atoms with Crippen LogP contribution in [0.5, 0.6) is 0 Å². The van der Waals surface area contributed by atoms with Crippen molar-refractivity contribution >= 4 is 22.9 Å². The molecule has 0 unspecified atom stereocenters. The molecule has 2 heterocycles. The van der Waals surface area contributed by atoms with Crippen LogP contribution in [0.1, 0.15) is 9.67 Å². The number of hydrogen-bond acceptors (Lipinski definition) is 5. The van der Waals surface area contributed by atoms with E-state index in [1.807, 2.05) is 66.0 Å². The smallest absolute Gasteiger partial charge is 0.265 e. The minimum absolute atomic E-state index is 0.155. The van der Waals surface area contributed by atoms with E-state index in [2.05, 4.69) is 20.7 Å². The van der Waals surface area contributed by atoms with Crippen LogP contribution in [0.3, 0.4) is 0 Å². The Bertz CT molecular complexity index is 995. The molecule has 2 aromatic heterocycles. The quantitative estimate of drug-likeness (QED) is 0.612. The van der Waals surface area contributed by atoms with Gasteiger partial charge in [0.05, 0.1) is 16.3 Å². The van der Waals surface area contributed by atoms with Gasteiger partial charge in [-0.05, 0) is 40.9 Å². The third-order valence-electron chi connectivity index (χ3n) is 3.56. The molecule has 0 radical (unpaired) electrons. The summed E-state index contributed by atoms with van der Waals surface area (Å²) in [6, 6.07) is 20.6. The van der Waals surface area contributed by atoms with Crippen molar-refractivity contribution in [2.24, 2.45) is 0 Å². The van der Waals surface area contributed by atoms with E-state index in [1.54, 1.807) is 6.07 Å². The zero-order valence-corrected chi connectivity index (χ0v) is 13.9. The highest BCUT2D eigenvalue weighted by Gasteiger charge is 2.14. The predicted molar refractivity (Wildman–Crippen MR) is 96.9 cm³/mol. The van der Waals surface area contributed by atoms with Gasteiger partial charge in [0.15, 0.2) is 0 Å². The first kappa shape index (κ1) is 15.2. The summed E-state index contributed by atoms with van der Waals surface area (Å²) >= 11 is 1.39. The second-order valence-corrected chi connectivity index (χ2v) is 6.16. The molecule has 6 nitrogen and oxygen atoms in total. The van der Waals surface area contributed by atoms with Crippen molar-refractivity contribution in [2.45, 2.75) is 0 Å². The van der Waals surface area contributed by atoms with E-state index in [-0.39, 0.29) is 5.91 Å². The summed E-state index contributed by atoms with van der Waals surface area (Å²) in [4.78, 5) is 14.4. The van der Waals surface area contributed by atoms with Gasteiger partial charge in [-0.3, -0.25) is 4.79 Å². The number of thiophene rings is 1. The summed E-state index contributed by atoms with van der Waals surface area (Å²) in [7, 11) is 0. The SMILES string of the molecule is O=C(Nc1ccccc1-c1nnn(-c2ccccc2)n1)c1cccs1. The first-order valence-electron chi connectivity index (χ1n) is 7.61. The number of anilines is 1. The van der Waals surface area contributed by atoms with Crippen LogP contribution in [0.15, 0.2) is 72.1 Å². The number of para-hydroxylation sites is 2. The van der Waals surface area contributed by atoms with Gasteiger partial charge in [-0.25, -0.2) is 0 Å². The molecule has 1 amide bonds. The van der Waals surface area contributed by atoms with Gasteiger partial charge < -0.3 is 5.32 Å². The van der Waals surface area contributed by atoms with Crippen LogP contribution in [-0.4, -0.2) is 26.1 Å². The van der Waals surface area contributed by atoms with E-state index in [0.29, 0.717) is 16.4 Å². The van der Waals surface area contributed by atoms with E-state index >= 15 is 0 Å². The fourth-order valence-electron chi connectivity index (χ4n) is 2.37. The Kier molecular flexibility index (Phi) is 4.05. The fraction of sp³-hybridized carbons (Fsp3) is 0. The molecule has 0 atom stereocenters. The molecule has 4 aromatic rings. The number of carbonyl (C=O) groups excluding carboxylic acids is 1. The molecule has 2 aromatic carbocycles. The van der Waals surface area contributed by atoms with Crippen LogP contribution in [0.4, 0.5) is 5.69 Å². The minimum atomic E-state index is -0.155. The number of tetrazole rings is 1. The molecule has 0 aliphatic heterocycles. The van der Waals surface area contributed by atoms with Crippen LogP contribution in [0, 0.1) is 0 Å². The van der Waals surface area contributed by atoms with E-state index in [1.165, 1.54) is 16.1 Å². The van der Waals surface area contributed by atoms with Crippen molar-refractivity contribution < 1.29 is 4.79 Å². The lowest BCUT2D eigenvalue weighted by Crippen LogP contribution is -2.11. The summed E-state index contributed by atoms with van der Waals surface area (Å²) in [5.41, 5.74) is 2.18. The van der Waals surface area contributed by atoms with Crippen LogP contribution in [0.2, 0.25) is 0 Å². The van der Waals surface area contributed by atoms with E-state index in [0.717, 1.165) is 11.3 Å². The standard InChI is InChI=1S/C18H13N5OS/c24-18(16-11-6-12-25-16)19-15-10-5-4-9-14(15)17-20-22-23(21-17)13-7-2-1-3-8-13/h1-12H,(H,19,24). The molecular formula is C18H13N5OS. The van der Waals surface area contributed by atoms with Gasteiger partial charge in [0.1, 0.15) is 0 Å². The lowest BCUT2D eigenvalue weighted by Gasteiger charge is -2.07. The predicted octanol–water partition coefficient (Wildman–Crippen LogP) is 3.64. The van der Waals surface area contributed by atoms with Gasteiger partial charge >= 0.3 is 0 Å². The largest absolute Gasteiger partial charge is 0.321 e. The molecule has 25 heavy (non-hydrogen) atoms. The molecule has 1 N–H and O–H groups in total. The van der Waals surface area contributed by atoms with Gasteiger partial charge in [0.25, 0.3) is 5.91 Å². The molecule has 0 spiro atoms. The van der Waals surface area contributed by atoms with Crippen molar-refractivity contribution in [3.8, 4) is 17.1 Å². The molecular weight excluding hydrogens is 334 g/mol. The van der Waals surface area contributed by atoms with Gasteiger partial charge in [0, 0.05) is 5.56 Å². The molecule has 7 heteroatoms. The second kappa shape index (κ2) is 6.66. The Hall–Kier alpha value is -3.32. The number of aromatic nitrogens is 4. The summed E-state index contributed by atoms with van der Waals surface area (Å²) in [5.74, 6) is 0.295. The molecule has 4 rings (SSSR count). The zero-order chi connectivity index (χ0) is 17.1. The van der Waals surface area contributed by atoms with E-state index < -0.39 is 0 Å². The Labute approximate surface area is 147 Å². The highest BCUT2D eigenvalue weighted by Crippen LogP contribution is 2.25. The average Bonchev–Trinajstić information content (AvgIpc) is 3.35. The number of nitrogens with zero attached hydrogens (tertiary/aromatic N) is 4. The normalized spacial score (nSPS) is 10.6. The lowest BCUT2D eigenvalue weighted by atomic mass is 10.1. The number of hydrogen-bond donors (Lipinski definition) is 1. The molecule has 122 valence electrons. The maximum absolute atomic E-state index is 12.3. The first-order chi connectivity index (χ1) is 12.3. The Balaban J connectivity index is 1.65. The number of nitrogens with one attached hydrogen (secondary N) is 1. The van der Waals surface area contributed by atoms with E-state index in [9.17, 15) is 4.79 Å². The van der Waals surface area contributed by atoms with Gasteiger partial charge in [0.2, 0.25) is 5.82 Å². The van der Waals surface area contributed by atoms with Crippen molar-refractivity contribution in [3.63, 3.8) is 0 Å². The van der Waals surface area contributed by atoms with Crippen molar-refractivity contribution in [1.82, 2.24) is 20.2 Å². The van der Waals surface area contributed by atoms with Crippen molar-refractivity contribution in [3.05, 3.63) is 77.0 Å². The van der Waals surface area contributed by atoms with Gasteiger partial charge in [-0.2, -0.15) is 0 Å². The second-order valence-electron chi connectivity index (χ2n) is 5.22. The lowest BCUT2D eigenvalue weighted by molar-refractivity contribution is 0.103. The zero-order valence-electron chi connectivity index (χ0n) is 13.0. The summed E-state index contributed by atoms with van der Waals surface area (Å²) in [5, 5.41) is 17.4. The molecule has 0 saturated heterocycles. The molecule has 0 bridgehead atoms. The summed E-state index contributed by atoms with van der Waals surface area (Å²) in [6.45, 7) is 0. The maximum atomic E-state index is 12.3. The van der Waals surface area contributed by atoms with Crippen LogP contribution in [0.25, 0.3) is 17.1 Å². The van der Waals surface area contributed by atoms with Crippen LogP contribution < -0.4 is 5.32 Å². The summed E-state index contributed by atoms with van der Waals surface area (Å²) in [6.07, 6.45) is 0. The number of rotatable bonds is 4. The van der Waals surface area contributed by atoms with Crippen LogP contribution in [-0.2, 0) is 0 Å². The Morgan fingerprint density at radius 3 is 2.56 bits per heavy atom. The topological polar surface area (TPSA) is 72.7 Å². The number of carbonyl (C=O) groups is 1.